The highest BCUT2D eigenvalue weighted by atomic mass is 32.2. The molecule has 2 aromatic rings. The normalized spacial score (nSPS) is 16.5. The first-order valence-electron chi connectivity index (χ1n) is 7.82. The summed E-state index contributed by atoms with van der Waals surface area (Å²) < 4.78 is 0. The van der Waals surface area contributed by atoms with Crippen LogP contribution in [0.1, 0.15) is 42.2 Å². The van der Waals surface area contributed by atoms with Crippen molar-refractivity contribution in [3.63, 3.8) is 0 Å². The van der Waals surface area contributed by atoms with E-state index in [2.05, 4.69) is 28.9 Å². The molecule has 1 heterocycles. The molecule has 1 atom stereocenters. The van der Waals surface area contributed by atoms with Crippen molar-refractivity contribution >= 4 is 29.0 Å². The second-order valence-electron chi connectivity index (χ2n) is 5.64. The minimum Gasteiger partial charge on any atom is -0.344 e. The van der Waals surface area contributed by atoms with E-state index in [-0.39, 0.29) is 11.9 Å². The maximum atomic E-state index is 12.4. The first kappa shape index (κ1) is 15.6. The molecule has 1 aliphatic carbocycles. The molecule has 1 amide bonds. The Morgan fingerprint density at radius 1 is 1.18 bits per heavy atom. The Balaban J connectivity index is 1.64. The molecule has 1 aliphatic rings. The molecule has 4 heteroatoms. The average molecular weight is 332 g/mol. The summed E-state index contributed by atoms with van der Waals surface area (Å²) in [7, 11) is 0. The van der Waals surface area contributed by atoms with Crippen molar-refractivity contribution < 1.29 is 4.79 Å². The number of rotatable bonds is 6. The maximum Gasteiger partial charge on any atom is 0.230 e. The van der Waals surface area contributed by atoms with Crippen LogP contribution in [0.4, 0.5) is 0 Å². The monoisotopic (exact) mass is 331 g/mol. The molecule has 0 bridgehead atoms. The summed E-state index contributed by atoms with van der Waals surface area (Å²) >= 11 is 3.51. The van der Waals surface area contributed by atoms with E-state index in [0.717, 1.165) is 5.56 Å². The summed E-state index contributed by atoms with van der Waals surface area (Å²) in [6.45, 7) is 0. The van der Waals surface area contributed by atoms with Gasteiger partial charge >= 0.3 is 0 Å². The number of amides is 1. The zero-order valence-electron chi connectivity index (χ0n) is 12.5. The minimum absolute atomic E-state index is 0.0297. The van der Waals surface area contributed by atoms with Gasteiger partial charge in [-0.1, -0.05) is 49.2 Å². The van der Waals surface area contributed by atoms with Crippen molar-refractivity contribution in [2.45, 2.75) is 37.0 Å². The number of hydrogen-bond acceptors (Lipinski definition) is 3. The number of benzene rings is 1. The molecule has 1 aromatic carbocycles. The molecule has 0 saturated heterocycles. The van der Waals surface area contributed by atoms with Crippen molar-refractivity contribution in [1.82, 2.24) is 5.32 Å². The number of thiophene rings is 1. The number of carbonyl (C=O) groups is 1. The summed E-state index contributed by atoms with van der Waals surface area (Å²) in [5, 5.41) is 5.95. The Hall–Kier alpha value is -1.26. The van der Waals surface area contributed by atoms with Crippen molar-refractivity contribution in [3.8, 4) is 0 Å². The number of carbonyl (C=O) groups excluding carboxylic acids is 1. The third-order valence-corrected chi connectivity index (χ3v) is 6.33. The van der Waals surface area contributed by atoms with Gasteiger partial charge in [0, 0.05) is 10.1 Å². The van der Waals surface area contributed by atoms with Crippen LogP contribution >= 0.6 is 23.1 Å². The lowest BCUT2D eigenvalue weighted by Gasteiger charge is -2.18. The summed E-state index contributed by atoms with van der Waals surface area (Å²) in [4.78, 5) is 13.5. The molecule has 116 valence electrons. The van der Waals surface area contributed by atoms with E-state index in [4.69, 9.17) is 0 Å². The molecule has 2 nitrogen and oxygen atoms in total. The topological polar surface area (TPSA) is 29.1 Å². The van der Waals surface area contributed by atoms with Gasteiger partial charge < -0.3 is 5.32 Å². The Morgan fingerprint density at radius 3 is 2.64 bits per heavy atom. The molecule has 0 radical (unpaired) electrons. The Labute approximate surface area is 140 Å². The summed E-state index contributed by atoms with van der Waals surface area (Å²) in [6, 6.07) is 14.3. The Kier molecular flexibility index (Phi) is 5.57. The zero-order valence-corrected chi connectivity index (χ0v) is 14.2. The molecule has 0 unspecified atom stereocenters. The molecule has 1 aromatic heterocycles. The van der Waals surface area contributed by atoms with Crippen molar-refractivity contribution in [1.29, 1.82) is 0 Å². The van der Waals surface area contributed by atoms with Crippen molar-refractivity contribution in [2.24, 2.45) is 0 Å². The van der Waals surface area contributed by atoms with Gasteiger partial charge in [-0.3, -0.25) is 4.79 Å². The van der Waals surface area contributed by atoms with Crippen molar-refractivity contribution in [2.75, 3.05) is 5.75 Å². The zero-order chi connectivity index (χ0) is 15.2. The standard InChI is InChI=1S/C18H21NOS2/c20-17(13-22-15-9-4-5-10-15)19-18(16-11-6-12-21-16)14-7-2-1-3-8-14/h1-3,6-8,11-12,15,18H,4-5,9-10,13H2,(H,19,20)/t18-/m0/s1. The van der Waals surface area contributed by atoms with E-state index >= 15 is 0 Å². The summed E-state index contributed by atoms with van der Waals surface area (Å²) in [5.74, 6) is 0.707. The summed E-state index contributed by atoms with van der Waals surface area (Å²) in [5.41, 5.74) is 1.14. The van der Waals surface area contributed by atoms with Crippen molar-refractivity contribution in [3.05, 3.63) is 58.3 Å². The van der Waals surface area contributed by atoms with Gasteiger partial charge in [0.05, 0.1) is 11.8 Å². The van der Waals surface area contributed by atoms with E-state index in [1.54, 1.807) is 11.3 Å². The lowest BCUT2D eigenvalue weighted by Crippen LogP contribution is -2.30. The fourth-order valence-electron chi connectivity index (χ4n) is 2.87. The van der Waals surface area contributed by atoms with Gasteiger partial charge in [0.25, 0.3) is 0 Å². The molecule has 1 saturated carbocycles. The quantitative estimate of drug-likeness (QED) is 0.836. The molecule has 0 aliphatic heterocycles. The van der Waals surface area contributed by atoms with E-state index in [1.807, 2.05) is 36.0 Å². The van der Waals surface area contributed by atoms with Gasteiger partial charge in [-0.15, -0.1) is 23.1 Å². The van der Waals surface area contributed by atoms with Crippen LogP contribution in [0.5, 0.6) is 0 Å². The van der Waals surface area contributed by atoms with E-state index in [1.165, 1.54) is 30.6 Å². The molecule has 1 fully saturated rings. The molecule has 0 spiro atoms. The molecule has 3 rings (SSSR count). The van der Waals surface area contributed by atoms with Crippen LogP contribution in [0.25, 0.3) is 0 Å². The molecular formula is C18H21NOS2. The highest BCUT2D eigenvalue weighted by Crippen LogP contribution is 2.30. The van der Waals surface area contributed by atoms with Gasteiger partial charge in [0.1, 0.15) is 0 Å². The highest BCUT2D eigenvalue weighted by molar-refractivity contribution is 8.00. The van der Waals surface area contributed by atoms with E-state index in [9.17, 15) is 4.79 Å². The third-order valence-electron chi connectivity index (χ3n) is 4.02. The lowest BCUT2D eigenvalue weighted by atomic mass is 10.1. The number of thioether (sulfide) groups is 1. The first-order valence-corrected chi connectivity index (χ1v) is 9.75. The van der Waals surface area contributed by atoms with Gasteiger partial charge in [-0.05, 0) is 29.9 Å². The molecular weight excluding hydrogens is 310 g/mol. The van der Waals surface area contributed by atoms with Crippen LogP contribution in [0.15, 0.2) is 47.8 Å². The van der Waals surface area contributed by atoms with Crippen LogP contribution < -0.4 is 5.32 Å². The SMILES string of the molecule is O=C(CSC1CCCC1)N[C@@H](c1ccccc1)c1cccs1. The van der Waals surface area contributed by atoms with Gasteiger partial charge in [0.2, 0.25) is 5.91 Å². The van der Waals surface area contributed by atoms with Crippen LogP contribution in [0.3, 0.4) is 0 Å². The predicted octanol–water partition coefficient (Wildman–Crippen LogP) is 4.63. The fraction of sp³-hybridized carbons (Fsp3) is 0.389. The largest absolute Gasteiger partial charge is 0.344 e. The fourth-order valence-corrected chi connectivity index (χ4v) is 4.81. The second kappa shape index (κ2) is 7.84. The molecule has 1 N–H and O–H groups in total. The Morgan fingerprint density at radius 2 is 1.95 bits per heavy atom. The number of hydrogen-bond donors (Lipinski definition) is 1. The van der Waals surface area contributed by atoms with E-state index < -0.39 is 0 Å². The van der Waals surface area contributed by atoms with Gasteiger partial charge in [-0.25, -0.2) is 0 Å². The maximum absolute atomic E-state index is 12.4. The minimum atomic E-state index is -0.0297. The summed E-state index contributed by atoms with van der Waals surface area (Å²) in [6.07, 6.45) is 5.18. The smallest absolute Gasteiger partial charge is 0.230 e. The van der Waals surface area contributed by atoms with Crippen LogP contribution in [-0.4, -0.2) is 16.9 Å². The predicted molar refractivity (Wildman–Crippen MR) is 95.5 cm³/mol. The van der Waals surface area contributed by atoms with Crippen LogP contribution in [0.2, 0.25) is 0 Å². The molecule has 22 heavy (non-hydrogen) atoms. The Bertz CT molecular complexity index is 576. The van der Waals surface area contributed by atoms with Crippen LogP contribution in [-0.2, 0) is 4.79 Å². The van der Waals surface area contributed by atoms with Gasteiger partial charge in [0.15, 0.2) is 0 Å². The highest BCUT2D eigenvalue weighted by Gasteiger charge is 2.20. The second-order valence-corrected chi connectivity index (χ2v) is 7.91. The van der Waals surface area contributed by atoms with Crippen LogP contribution in [0, 0.1) is 0 Å². The third kappa shape index (κ3) is 4.14. The average Bonchev–Trinajstić information content (AvgIpc) is 3.25. The van der Waals surface area contributed by atoms with Gasteiger partial charge in [-0.2, -0.15) is 0 Å². The first-order chi connectivity index (χ1) is 10.8. The lowest BCUT2D eigenvalue weighted by molar-refractivity contribution is -0.119. The van der Waals surface area contributed by atoms with E-state index in [0.29, 0.717) is 11.0 Å². The number of nitrogens with one attached hydrogen (secondary N) is 1.